The lowest BCUT2D eigenvalue weighted by molar-refractivity contribution is -0.141. The van der Waals surface area contributed by atoms with Crippen LogP contribution in [0.15, 0.2) is 24.3 Å². The third-order valence-electron chi connectivity index (χ3n) is 4.96. The van der Waals surface area contributed by atoms with Gasteiger partial charge in [0.25, 0.3) is 0 Å². The summed E-state index contributed by atoms with van der Waals surface area (Å²) in [7, 11) is 0. The summed E-state index contributed by atoms with van der Waals surface area (Å²) in [6.45, 7) is 0.766. The number of aromatic carboxylic acids is 1. The van der Waals surface area contributed by atoms with Crippen molar-refractivity contribution in [3.8, 4) is 5.75 Å². The summed E-state index contributed by atoms with van der Waals surface area (Å²) < 4.78 is 5.97. The zero-order valence-electron chi connectivity index (χ0n) is 12.8. The summed E-state index contributed by atoms with van der Waals surface area (Å²) >= 11 is 0. The number of aliphatic carboxylic acids is 1. The Hall–Kier alpha value is -2.08. The molecule has 0 aromatic heterocycles. The Morgan fingerprint density at radius 3 is 2.43 bits per heavy atom. The smallest absolute Gasteiger partial charge is 0.335 e. The topological polar surface area (TPSA) is 95.9 Å². The van der Waals surface area contributed by atoms with Crippen molar-refractivity contribution in [2.75, 3.05) is 6.54 Å². The second kappa shape index (κ2) is 6.58. The highest BCUT2D eigenvalue weighted by Crippen LogP contribution is 2.37. The van der Waals surface area contributed by atoms with Gasteiger partial charge in [-0.05, 0) is 68.3 Å². The minimum atomic E-state index is -0.952. The molecule has 0 spiro atoms. The standard InChI is InChI=1S/C17H21NO5/c19-16(20)10-1-4-13(5-2-10)23-14-6-3-11-9-18-15(17(21)22)8-12(11)7-14/h1-2,4-5,11-12,14-15,18H,3,6-9H2,(H,19,20)(H,21,22)/t11-,12+,14-,15-/m0/s1. The molecule has 3 rings (SSSR count). The van der Waals surface area contributed by atoms with E-state index in [9.17, 15) is 9.59 Å². The molecule has 0 bridgehead atoms. The van der Waals surface area contributed by atoms with Gasteiger partial charge in [0, 0.05) is 0 Å². The van der Waals surface area contributed by atoms with Crippen LogP contribution in [-0.2, 0) is 4.79 Å². The monoisotopic (exact) mass is 319 g/mol. The molecule has 1 saturated carbocycles. The zero-order chi connectivity index (χ0) is 16.4. The summed E-state index contributed by atoms with van der Waals surface area (Å²) in [5.74, 6) is -0.168. The number of nitrogens with one attached hydrogen (secondary N) is 1. The number of carboxylic acids is 2. The Labute approximate surface area is 134 Å². The van der Waals surface area contributed by atoms with Crippen molar-refractivity contribution >= 4 is 11.9 Å². The molecule has 2 aliphatic rings. The normalized spacial score (nSPS) is 30.3. The maximum Gasteiger partial charge on any atom is 0.335 e. The molecule has 6 nitrogen and oxygen atoms in total. The average Bonchev–Trinajstić information content (AvgIpc) is 2.54. The van der Waals surface area contributed by atoms with Crippen molar-refractivity contribution in [3.05, 3.63) is 29.8 Å². The number of fused-ring (bicyclic) bond motifs is 1. The van der Waals surface area contributed by atoms with Crippen LogP contribution in [0.4, 0.5) is 0 Å². The summed E-state index contributed by atoms with van der Waals surface area (Å²) in [5, 5.41) is 21.2. The van der Waals surface area contributed by atoms with Gasteiger partial charge in [-0.1, -0.05) is 0 Å². The lowest BCUT2D eigenvalue weighted by Crippen LogP contribution is -2.50. The van der Waals surface area contributed by atoms with Crippen molar-refractivity contribution < 1.29 is 24.5 Å². The lowest BCUT2D eigenvalue weighted by atomic mass is 9.72. The molecule has 23 heavy (non-hydrogen) atoms. The van der Waals surface area contributed by atoms with Crippen molar-refractivity contribution in [1.29, 1.82) is 0 Å². The number of hydrogen-bond acceptors (Lipinski definition) is 4. The van der Waals surface area contributed by atoms with Crippen LogP contribution < -0.4 is 10.1 Å². The van der Waals surface area contributed by atoms with Gasteiger partial charge in [-0.2, -0.15) is 0 Å². The molecule has 4 atom stereocenters. The van der Waals surface area contributed by atoms with Crippen molar-refractivity contribution in [2.45, 2.75) is 37.8 Å². The van der Waals surface area contributed by atoms with E-state index in [-0.39, 0.29) is 11.7 Å². The Bertz CT molecular complexity index is 585. The molecular weight excluding hydrogens is 298 g/mol. The molecule has 0 unspecified atom stereocenters. The van der Waals surface area contributed by atoms with E-state index in [2.05, 4.69) is 5.32 Å². The van der Waals surface area contributed by atoms with Gasteiger partial charge in [0.05, 0.1) is 11.7 Å². The fourth-order valence-electron chi connectivity index (χ4n) is 3.68. The number of piperidine rings is 1. The number of carbonyl (C=O) groups is 2. The van der Waals surface area contributed by atoms with Crippen LogP contribution in [0.25, 0.3) is 0 Å². The molecular formula is C17H21NO5. The van der Waals surface area contributed by atoms with Gasteiger partial charge in [-0.15, -0.1) is 0 Å². The minimum absolute atomic E-state index is 0.0690. The SMILES string of the molecule is O=C(O)c1ccc(O[C@H]2CC[C@H]3CN[C@H](C(=O)O)C[C@H]3C2)cc1. The molecule has 124 valence electrons. The van der Waals surface area contributed by atoms with Crippen LogP contribution in [-0.4, -0.2) is 40.8 Å². The molecule has 1 aliphatic heterocycles. The summed E-state index contributed by atoms with van der Waals surface area (Å²) in [4.78, 5) is 22.0. The Kier molecular flexibility index (Phi) is 4.52. The van der Waals surface area contributed by atoms with Crippen LogP contribution in [0.2, 0.25) is 0 Å². The lowest BCUT2D eigenvalue weighted by Gasteiger charge is -2.41. The van der Waals surface area contributed by atoms with E-state index >= 15 is 0 Å². The summed E-state index contributed by atoms with van der Waals surface area (Å²) in [6, 6.07) is 5.98. The van der Waals surface area contributed by atoms with Gasteiger partial charge in [0.1, 0.15) is 11.8 Å². The largest absolute Gasteiger partial charge is 0.490 e. The second-order valence-corrected chi connectivity index (χ2v) is 6.44. The maximum atomic E-state index is 11.1. The Morgan fingerprint density at radius 1 is 1.04 bits per heavy atom. The minimum Gasteiger partial charge on any atom is -0.490 e. The maximum absolute atomic E-state index is 11.1. The van der Waals surface area contributed by atoms with Crippen molar-refractivity contribution in [2.24, 2.45) is 11.8 Å². The molecule has 6 heteroatoms. The number of rotatable bonds is 4. The Balaban J connectivity index is 1.59. The molecule has 1 saturated heterocycles. The molecule has 0 radical (unpaired) electrons. The van der Waals surface area contributed by atoms with Gasteiger partial charge >= 0.3 is 11.9 Å². The fourth-order valence-corrected chi connectivity index (χ4v) is 3.68. The number of hydrogen-bond donors (Lipinski definition) is 3. The quantitative estimate of drug-likeness (QED) is 0.785. The molecule has 0 amide bonds. The van der Waals surface area contributed by atoms with Crippen LogP contribution in [0, 0.1) is 11.8 Å². The van der Waals surface area contributed by atoms with Gasteiger partial charge in [-0.3, -0.25) is 4.79 Å². The van der Waals surface area contributed by atoms with E-state index in [1.807, 2.05) is 0 Å². The predicted octanol–water partition coefficient (Wildman–Crippen LogP) is 1.99. The molecule has 1 aromatic rings. The molecule has 2 fully saturated rings. The average molecular weight is 319 g/mol. The van der Waals surface area contributed by atoms with Gasteiger partial charge < -0.3 is 20.3 Å². The van der Waals surface area contributed by atoms with E-state index in [1.165, 1.54) is 12.1 Å². The van der Waals surface area contributed by atoms with E-state index in [4.69, 9.17) is 14.9 Å². The summed E-state index contributed by atoms with van der Waals surface area (Å²) in [6.07, 6.45) is 3.55. The highest BCUT2D eigenvalue weighted by atomic mass is 16.5. The van der Waals surface area contributed by atoms with Crippen LogP contribution >= 0.6 is 0 Å². The van der Waals surface area contributed by atoms with E-state index in [1.54, 1.807) is 12.1 Å². The molecule has 1 aliphatic carbocycles. The van der Waals surface area contributed by atoms with Crippen LogP contribution in [0.1, 0.15) is 36.0 Å². The Morgan fingerprint density at radius 2 is 1.78 bits per heavy atom. The first kappa shape index (κ1) is 15.8. The third kappa shape index (κ3) is 3.64. The first-order valence-electron chi connectivity index (χ1n) is 7.99. The number of benzene rings is 1. The molecule has 1 aromatic carbocycles. The number of carboxylic acid groups (broad SMARTS) is 2. The highest BCUT2D eigenvalue weighted by molar-refractivity contribution is 5.87. The first-order valence-corrected chi connectivity index (χ1v) is 7.99. The van der Waals surface area contributed by atoms with Gasteiger partial charge in [0.2, 0.25) is 0 Å². The molecule has 1 heterocycles. The first-order chi connectivity index (χ1) is 11.0. The van der Waals surface area contributed by atoms with Gasteiger partial charge in [-0.25, -0.2) is 4.79 Å². The zero-order valence-corrected chi connectivity index (χ0v) is 12.8. The van der Waals surface area contributed by atoms with Crippen LogP contribution in [0.5, 0.6) is 5.75 Å². The third-order valence-corrected chi connectivity index (χ3v) is 4.96. The predicted molar refractivity (Wildman–Crippen MR) is 82.7 cm³/mol. The fraction of sp³-hybridized carbons (Fsp3) is 0.529. The van der Waals surface area contributed by atoms with E-state index in [0.29, 0.717) is 24.0 Å². The van der Waals surface area contributed by atoms with Crippen molar-refractivity contribution in [3.63, 3.8) is 0 Å². The molecule has 3 N–H and O–H groups in total. The second-order valence-electron chi connectivity index (χ2n) is 6.44. The van der Waals surface area contributed by atoms with E-state index < -0.39 is 18.0 Å². The summed E-state index contributed by atoms with van der Waals surface area (Å²) in [5.41, 5.74) is 0.240. The van der Waals surface area contributed by atoms with E-state index in [0.717, 1.165) is 25.8 Å². The number of ether oxygens (including phenoxy) is 1. The highest BCUT2D eigenvalue weighted by Gasteiger charge is 2.38. The van der Waals surface area contributed by atoms with Gasteiger partial charge in [0.15, 0.2) is 0 Å². The van der Waals surface area contributed by atoms with Crippen LogP contribution in [0.3, 0.4) is 0 Å². The van der Waals surface area contributed by atoms with Crippen molar-refractivity contribution in [1.82, 2.24) is 5.32 Å².